The first-order valence-electron chi connectivity index (χ1n) is 12.1. The molecule has 0 aliphatic heterocycles. The van der Waals surface area contributed by atoms with Crippen LogP contribution in [0.1, 0.15) is 23.6 Å². The zero-order chi connectivity index (χ0) is 24.7. The molecule has 0 aliphatic carbocycles. The summed E-state index contributed by atoms with van der Waals surface area (Å²) in [4.78, 5) is 4.65. The van der Waals surface area contributed by atoms with Gasteiger partial charge in [-0.15, -0.1) is 11.3 Å². The lowest BCUT2D eigenvalue weighted by atomic mass is 10.0. The van der Waals surface area contributed by atoms with E-state index in [-0.39, 0.29) is 0 Å². The van der Waals surface area contributed by atoms with E-state index in [1.807, 2.05) is 60.9 Å². The second kappa shape index (κ2) is 11.0. The van der Waals surface area contributed by atoms with Crippen LogP contribution in [0.3, 0.4) is 0 Å². The van der Waals surface area contributed by atoms with E-state index in [0.717, 1.165) is 28.1 Å². The lowest BCUT2D eigenvalue weighted by molar-refractivity contribution is 1.08. The summed E-state index contributed by atoms with van der Waals surface area (Å²) in [5.41, 5.74) is 6.44. The SMILES string of the molecule is C=C(/C=C\C=C/C)c1ccc2c(sc3ccccc32)c1Nc1cccc(C=NCc2ccccc2)c1. The van der Waals surface area contributed by atoms with Crippen molar-refractivity contribution in [2.45, 2.75) is 13.5 Å². The van der Waals surface area contributed by atoms with E-state index in [4.69, 9.17) is 0 Å². The van der Waals surface area contributed by atoms with Crippen LogP contribution in [-0.4, -0.2) is 6.21 Å². The summed E-state index contributed by atoms with van der Waals surface area (Å²) in [5.74, 6) is 0. The predicted molar refractivity (Wildman–Crippen MR) is 160 cm³/mol. The fraction of sp³-hybridized carbons (Fsp3) is 0.0606. The largest absolute Gasteiger partial charge is 0.354 e. The molecule has 176 valence electrons. The number of rotatable bonds is 8. The number of allylic oxidation sites excluding steroid dienone is 5. The van der Waals surface area contributed by atoms with Crippen LogP contribution in [0.5, 0.6) is 0 Å². The number of aliphatic imine (C=N–C) groups is 1. The van der Waals surface area contributed by atoms with Crippen molar-refractivity contribution in [3.05, 3.63) is 139 Å². The Kier molecular flexibility index (Phi) is 7.20. The molecule has 1 N–H and O–H groups in total. The smallest absolute Gasteiger partial charge is 0.0645 e. The fourth-order valence-electron chi connectivity index (χ4n) is 4.23. The Labute approximate surface area is 216 Å². The molecular weight excluding hydrogens is 456 g/mol. The van der Waals surface area contributed by atoms with Crippen molar-refractivity contribution in [1.29, 1.82) is 0 Å². The molecule has 5 aromatic rings. The molecule has 2 nitrogen and oxygen atoms in total. The average molecular weight is 485 g/mol. The maximum Gasteiger partial charge on any atom is 0.0645 e. The van der Waals surface area contributed by atoms with Crippen LogP contribution >= 0.6 is 11.3 Å². The monoisotopic (exact) mass is 484 g/mol. The normalized spacial score (nSPS) is 11.9. The maximum atomic E-state index is 4.65. The Morgan fingerprint density at radius 1 is 0.889 bits per heavy atom. The molecule has 5 rings (SSSR count). The first-order chi connectivity index (χ1) is 17.7. The zero-order valence-corrected chi connectivity index (χ0v) is 21.1. The molecule has 36 heavy (non-hydrogen) atoms. The van der Waals surface area contributed by atoms with Gasteiger partial charge in [-0.3, -0.25) is 4.99 Å². The molecule has 0 spiro atoms. The molecule has 0 bridgehead atoms. The molecule has 3 heteroatoms. The minimum atomic E-state index is 0.669. The van der Waals surface area contributed by atoms with Crippen LogP contribution in [-0.2, 0) is 6.54 Å². The Morgan fingerprint density at radius 2 is 1.72 bits per heavy atom. The van der Waals surface area contributed by atoms with Gasteiger partial charge in [0, 0.05) is 32.9 Å². The van der Waals surface area contributed by atoms with Crippen LogP contribution in [0.15, 0.2) is 127 Å². The number of hydrogen-bond acceptors (Lipinski definition) is 3. The van der Waals surface area contributed by atoms with Gasteiger partial charge in [0.2, 0.25) is 0 Å². The molecular formula is C33H28N2S. The summed E-state index contributed by atoms with van der Waals surface area (Å²) in [6.45, 7) is 7.05. The Balaban J connectivity index is 1.51. The highest BCUT2D eigenvalue weighted by Gasteiger charge is 2.14. The van der Waals surface area contributed by atoms with Gasteiger partial charge in [0.15, 0.2) is 0 Å². The summed E-state index contributed by atoms with van der Waals surface area (Å²) < 4.78 is 2.52. The maximum absolute atomic E-state index is 4.65. The van der Waals surface area contributed by atoms with Gasteiger partial charge in [-0.2, -0.15) is 0 Å². The fourth-order valence-corrected chi connectivity index (χ4v) is 5.44. The van der Waals surface area contributed by atoms with Crippen molar-refractivity contribution in [3.63, 3.8) is 0 Å². The number of hydrogen-bond donors (Lipinski definition) is 1. The molecule has 0 saturated heterocycles. The van der Waals surface area contributed by atoms with Gasteiger partial charge in [0.25, 0.3) is 0 Å². The second-order valence-corrected chi connectivity index (χ2v) is 9.63. The van der Waals surface area contributed by atoms with Crippen molar-refractivity contribution in [2.24, 2.45) is 4.99 Å². The number of thiophene rings is 1. The van der Waals surface area contributed by atoms with Crippen LogP contribution in [0.4, 0.5) is 11.4 Å². The first kappa shape index (κ1) is 23.5. The third-order valence-electron chi connectivity index (χ3n) is 6.01. The van der Waals surface area contributed by atoms with E-state index >= 15 is 0 Å². The van der Waals surface area contributed by atoms with Crippen molar-refractivity contribution in [2.75, 3.05) is 5.32 Å². The molecule has 0 radical (unpaired) electrons. The quantitative estimate of drug-likeness (QED) is 0.172. The van der Waals surface area contributed by atoms with Gasteiger partial charge in [0.05, 0.1) is 16.9 Å². The lowest BCUT2D eigenvalue weighted by Gasteiger charge is -2.14. The summed E-state index contributed by atoms with van der Waals surface area (Å²) in [6.07, 6.45) is 10.1. The van der Waals surface area contributed by atoms with E-state index < -0.39 is 0 Å². The molecule has 1 aromatic heterocycles. The first-order valence-corrected chi connectivity index (χ1v) is 12.9. The molecule has 0 aliphatic rings. The Morgan fingerprint density at radius 3 is 2.58 bits per heavy atom. The van der Waals surface area contributed by atoms with Crippen LogP contribution in [0.2, 0.25) is 0 Å². The predicted octanol–water partition coefficient (Wildman–Crippen LogP) is 9.56. The van der Waals surface area contributed by atoms with Crippen molar-refractivity contribution in [3.8, 4) is 0 Å². The molecule has 0 atom stereocenters. The van der Waals surface area contributed by atoms with E-state index in [9.17, 15) is 0 Å². The summed E-state index contributed by atoms with van der Waals surface area (Å²) in [6, 6.07) is 31.7. The van der Waals surface area contributed by atoms with E-state index in [2.05, 4.69) is 95.8 Å². The standard InChI is InChI=1S/C33H28N2S/c1-3-4-6-12-24(2)28-19-20-30-29-17-9-10-18-31(29)36-33(30)32(28)35-27-16-11-15-26(21-27)23-34-22-25-13-7-5-8-14-25/h3-21,23,35H,2,22H2,1H3/b4-3-,12-6-,34-23?. The van der Waals surface area contributed by atoms with E-state index in [0.29, 0.717) is 6.54 Å². The van der Waals surface area contributed by atoms with Crippen molar-refractivity contribution in [1.82, 2.24) is 0 Å². The molecule has 1 heterocycles. The molecule has 0 saturated carbocycles. The van der Waals surface area contributed by atoms with E-state index in [1.54, 1.807) is 0 Å². The minimum Gasteiger partial charge on any atom is -0.354 e. The highest BCUT2D eigenvalue weighted by molar-refractivity contribution is 7.26. The lowest BCUT2D eigenvalue weighted by Crippen LogP contribution is -1.96. The van der Waals surface area contributed by atoms with Crippen LogP contribution in [0, 0.1) is 0 Å². The molecule has 4 aromatic carbocycles. The van der Waals surface area contributed by atoms with Crippen molar-refractivity contribution < 1.29 is 0 Å². The molecule has 0 unspecified atom stereocenters. The highest BCUT2D eigenvalue weighted by Crippen LogP contribution is 2.42. The number of benzene rings is 4. The minimum absolute atomic E-state index is 0.669. The zero-order valence-electron chi connectivity index (χ0n) is 20.3. The summed E-state index contributed by atoms with van der Waals surface area (Å²) >= 11 is 1.82. The van der Waals surface area contributed by atoms with Crippen LogP contribution in [0.25, 0.3) is 25.7 Å². The number of nitrogens with zero attached hydrogens (tertiary/aromatic N) is 1. The third-order valence-corrected chi connectivity index (χ3v) is 7.21. The number of nitrogens with one attached hydrogen (secondary N) is 1. The Bertz CT molecular complexity index is 1600. The average Bonchev–Trinajstić information content (AvgIpc) is 3.29. The van der Waals surface area contributed by atoms with Gasteiger partial charge in [-0.1, -0.05) is 104 Å². The second-order valence-electron chi connectivity index (χ2n) is 8.58. The topological polar surface area (TPSA) is 24.4 Å². The van der Waals surface area contributed by atoms with Crippen LogP contribution < -0.4 is 5.32 Å². The van der Waals surface area contributed by atoms with Gasteiger partial charge in [0.1, 0.15) is 0 Å². The van der Waals surface area contributed by atoms with Crippen molar-refractivity contribution >= 4 is 54.7 Å². The third kappa shape index (κ3) is 5.22. The molecule has 0 amide bonds. The van der Waals surface area contributed by atoms with Gasteiger partial charge < -0.3 is 5.32 Å². The Hall–Kier alpha value is -4.21. The number of anilines is 2. The van der Waals surface area contributed by atoms with E-state index in [1.165, 1.54) is 25.7 Å². The number of fused-ring (bicyclic) bond motifs is 3. The summed E-state index contributed by atoms with van der Waals surface area (Å²) in [5, 5.41) is 6.27. The summed E-state index contributed by atoms with van der Waals surface area (Å²) in [7, 11) is 0. The molecule has 0 fully saturated rings. The highest BCUT2D eigenvalue weighted by atomic mass is 32.1. The van der Waals surface area contributed by atoms with Gasteiger partial charge in [-0.05, 0) is 41.8 Å². The van der Waals surface area contributed by atoms with Gasteiger partial charge in [-0.25, -0.2) is 0 Å². The van der Waals surface area contributed by atoms with Gasteiger partial charge >= 0.3 is 0 Å².